The third-order valence-corrected chi connectivity index (χ3v) is 4.27. The summed E-state index contributed by atoms with van der Waals surface area (Å²) in [4.78, 5) is 24.9. The number of rotatable bonds is 5. The number of nitrogens with zero attached hydrogens (tertiary/aromatic N) is 1. The van der Waals surface area contributed by atoms with Crippen molar-refractivity contribution in [2.45, 2.75) is 70.9 Å². The van der Waals surface area contributed by atoms with E-state index in [-0.39, 0.29) is 24.0 Å². The van der Waals surface area contributed by atoms with E-state index >= 15 is 0 Å². The minimum absolute atomic E-state index is 0.0440. The molecular weight excluding hydrogens is 244 g/mol. The number of carbonyl (C=O) groups excluding carboxylic acids is 1. The summed E-state index contributed by atoms with van der Waals surface area (Å²) in [6.07, 6.45) is 4.52. The average Bonchev–Trinajstić information content (AvgIpc) is 2.38. The highest BCUT2D eigenvalue weighted by atomic mass is 16.4. The van der Waals surface area contributed by atoms with Crippen molar-refractivity contribution >= 4 is 12.0 Å². The van der Waals surface area contributed by atoms with E-state index in [9.17, 15) is 9.59 Å². The topological polar surface area (TPSA) is 69.6 Å². The van der Waals surface area contributed by atoms with Crippen LogP contribution in [-0.4, -0.2) is 40.1 Å². The molecular formula is C14H26N2O3. The summed E-state index contributed by atoms with van der Waals surface area (Å²) < 4.78 is 0. The van der Waals surface area contributed by atoms with Crippen LogP contribution in [0, 0.1) is 0 Å². The fourth-order valence-corrected chi connectivity index (χ4v) is 2.44. The lowest BCUT2D eigenvalue weighted by atomic mass is 9.95. The summed E-state index contributed by atoms with van der Waals surface area (Å²) >= 11 is 0. The Morgan fingerprint density at radius 2 is 1.95 bits per heavy atom. The number of hydrogen-bond donors (Lipinski definition) is 2. The Bertz CT molecular complexity index is 327. The summed E-state index contributed by atoms with van der Waals surface area (Å²) in [6, 6.07) is -0.277. The van der Waals surface area contributed by atoms with Gasteiger partial charge >= 0.3 is 12.0 Å². The van der Waals surface area contributed by atoms with Crippen molar-refractivity contribution in [3.05, 3.63) is 0 Å². The molecule has 1 aliphatic heterocycles. The van der Waals surface area contributed by atoms with Crippen LogP contribution in [0.5, 0.6) is 0 Å². The van der Waals surface area contributed by atoms with Gasteiger partial charge in [-0.1, -0.05) is 13.8 Å². The van der Waals surface area contributed by atoms with Crippen molar-refractivity contribution in [1.29, 1.82) is 0 Å². The molecule has 0 spiro atoms. The van der Waals surface area contributed by atoms with Gasteiger partial charge in [-0.3, -0.25) is 4.79 Å². The van der Waals surface area contributed by atoms with Crippen LogP contribution in [0.15, 0.2) is 0 Å². The van der Waals surface area contributed by atoms with Crippen molar-refractivity contribution in [1.82, 2.24) is 10.2 Å². The highest BCUT2D eigenvalue weighted by molar-refractivity contribution is 5.76. The van der Waals surface area contributed by atoms with Crippen LogP contribution in [0.25, 0.3) is 0 Å². The molecule has 1 heterocycles. The minimum Gasteiger partial charge on any atom is -0.481 e. The number of piperidine rings is 1. The quantitative estimate of drug-likeness (QED) is 0.806. The number of carboxylic acid groups (broad SMARTS) is 1. The predicted molar refractivity (Wildman–Crippen MR) is 74.1 cm³/mol. The van der Waals surface area contributed by atoms with E-state index in [1.54, 1.807) is 4.90 Å². The molecule has 1 fully saturated rings. The van der Waals surface area contributed by atoms with Crippen LogP contribution in [-0.2, 0) is 4.79 Å². The largest absolute Gasteiger partial charge is 0.481 e. The lowest BCUT2D eigenvalue weighted by Crippen LogP contribution is -2.55. The Balaban J connectivity index is 2.69. The Labute approximate surface area is 115 Å². The molecule has 1 atom stereocenters. The second-order valence-electron chi connectivity index (χ2n) is 5.64. The van der Waals surface area contributed by atoms with Crippen molar-refractivity contribution < 1.29 is 14.7 Å². The maximum absolute atomic E-state index is 12.3. The molecule has 0 aromatic carbocycles. The first-order valence-electron chi connectivity index (χ1n) is 7.22. The van der Waals surface area contributed by atoms with E-state index in [1.807, 2.05) is 6.92 Å². The van der Waals surface area contributed by atoms with Gasteiger partial charge in [-0.2, -0.15) is 0 Å². The molecule has 1 saturated heterocycles. The molecule has 2 amide bonds. The van der Waals surface area contributed by atoms with Gasteiger partial charge in [-0.15, -0.1) is 0 Å². The van der Waals surface area contributed by atoms with Crippen LogP contribution < -0.4 is 5.32 Å². The molecule has 1 rings (SSSR count). The Hall–Kier alpha value is -1.26. The Morgan fingerprint density at radius 3 is 2.47 bits per heavy atom. The number of likely N-dealkylation sites (tertiary alicyclic amines) is 1. The van der Waals surface area contributed by atoms with Gasteiger partial charge in [-0.05, 0) is 39.0 Å². The third-order valence-electron chi connectivity index (χ3n) is 4.27. The van der Waals surface area contributed by atoms with Crippen molar-refractivity contribution in [2.75, 3.05) is 6.54 Å². The Morgan fingerprint density at radius 1 is 1.32 bits per heavy atom. The van der Waals surface area contributed by atoms with Crippen molar-refractivity contribution in [2.24, 2.45) is 0 Å². The standard InChI is InChI=1S/C14H26N2O3/c1-4-14(3,5-2)15-13(19)16-9-7-6-8-11(16)10-12(17)18/h11H,4-10H2,1-3H3,(H,15,19)(H,17,18). The Kier molecular flexibility index (Phi) is 5.63. The number of hydrogen-bond acceptors (Lipinski definition) is 2. The van der Waals surface area contributed by atoms with E-state index in [4.69, 9.17) is 5.11 Å². The monoisotopic (exact) mass is 270 g/mol. The van der Waals surface area contributed by atoms with E-state index in [2.05, 4.69) is 19.2 Å². The smallest absolute Gasteiger partial charge is 0.318 e. The number of nitrogens with one attached hydrogen (secondary N) is 1. The lowest BCUT2D eigenvalue weighted by Gasteiger charge is -2.38. The zero-order chi connectivity index (χ0) is 14.5. The third kappa shape index (κ3) is 4.40. The van der Waals surface area contributed by atoms with E-state index < -0.39 is 5.97 Å². The lowest BCUT2D eigenvalue weighted by molar-refractivity contribution is -0.138. The highest BCUT2D eigenvalue weighted by Gasteiger charge is 2.31. The number of amides is 2. The van der Waals surface area contributed by atoms with Crippen LogP contribution >= 0.6 is 0 Å². The minimum atomic E-state index is -0.835. The van der Waals surface area contributed by atoms with Crippen LogP contribution in [0.2, 0.25) is 0 Å². The summed E-state index contributed by atoms with van der Waals surface area (Å²) in [5, 5.41) is 12.0. The molecule has 0 saturated carbocycles. The van der Waals surface area contributed by atoms with Gasteiger partial charge in [0.1, 0.15) is 0 Å². The molecule has 0 aromatic heterocycles. The van der Waals surface area contributed by atoms with Crippen molar-refractivity contribution in [3.63, 3.8) is 0 Å². The zero-order valence-corrected chi connectivity index (χ0v) is 12.2. The molecule has 110 valence electrons. The maximum Gasteiger partial charge on any atom is 0.318 e. The fraction of sp³-hybridized carbons (Fsp3) is 0.857. The first kappa shape index (κ1) is 15.8. The fourth-order valence-electron chi connectivity index (χ4n) is 2.44. The molecule has 0 radical (unpaired) electrons. The summed E-state index contributed by atoms with van der Waals surface area (Å²) in [6.45, 7) is 6.79. The number of aliphatic carboxylic acids is 1. The average molecular weight is 270 g/mol. The van der Waals surface area contributed by atoms with E-state index in [1.165, 1.54) is 0 Å². The predicted octanol–water partition coefficient (Wildman–Crippen LogP) is 2.60. The summed E-state index contributed by atoms with van der Waals surface area (Å²) in [7, 11) is 0. The number of carboxylic acids is 1. The van der Waals surface area contributed by atoms with Gasteiger partial charge in [0.15, 0.2) is 0 Å². The maximum atomic E-state index is 12.3. The van der Waals surface area contributed by atoms with Gasteiger partial charge in [0.25, 0.3) is 0 Å². The molecule has 2 N–H and O–H groups in total. The number of carbonyl (C=O) groups is 2. The molecule has 5 nitrogen and oxygen atoms in total. The van der Waals surface area contributed by atoms with Crippen LogP contribution in [0.1, 0.15) is 59.3 Å². The van der Waals surface area contributed by atoms with Gasteiger partial charge in [0, 0.05) is 18.1 Å². The zero-order valence-electron chi connectivity index (χ0n) is 12.2. The van der Waals surface area contributed by atoms with Gasteiger partial charge in [0.2, 0.25) is 0 Å². The van der Waals surface area contributed by atoms with Crippen LogP contribution in [0.3, 0.4) is 0 Å². The first-order valence-corrected chi connectivity index (χ1v) is 7.22. The van der Waals surface area contributed by atoms with Gasteiger partial charge < -0.3 is 15.3 Å². The molecule has 0 aromatic rings. The van der Waals surface area contributed by atoms with Crippen molar-refractivity contribution in [3.8, 4) is 0 Å². The molecule has 5 heteroatoms. The highest BCUT2D eigenvalue weighted by Crippen LogP contribution is 2.21. The molecule has 1 aliphatic rings. The van der Waals surface area contributed by atoms with E-state index in [0.717, 1.165) is 32.1 Å². The van der Waals surface area contributed by atoms with Gasteiger partial charge in [-0.25, -0.2) is 4.79 Å². The SMILES string of the molecule is CCC(C)(CC)NC(=O)N1CCCCC1CC(=O)O. The summed E-state index contributed by atoms with van der Waals surface area (Å²) in [5.41, 5.74) is -0.206. The first-order chi connectivity index (χ1) is 8.91. The molecule has 1 unspecified atom stereocenters. The second-order valence-corrected chi connectivity index (χ2v) is 5.64. The number of urea groups is 1. The second kappa shape index (κ2) is 6.78. The molecule has 0 aliphatic carbocycles. The van der Waals surface area contributed by atoms with Gasteiger partial charge in [0.05, 0.1) is 6.42 Å². The molecule has 19 heavy (non-hydrogen) atoms. The van der Waals surface area contributed by atoms with Crippen LogP contribution in [0.4, 0.5) is 4.79 Å². The van der Waals surface area contributed by atoms with E-state index in [0.29, 0.717) is 6.54 Å². The normalized spacial score (nSPS) is 20.2. The summed E-state index contributed by atoms with van der Waals surface area (Å²) in [5.74, 6) is -0.835. The molecule has 0 bridgehead atoms.